The summed E-state index contributed by atoms with van der Waals surface area (Å²) in [6, 6.07) is 8.07. The van der Waals surface area contributed by atoms with Gasteiger partial charge in [-0.15, -0.1) is 0 Å². The van der Waals surface area contributed by atoms with Gasteiger partial charge in [-0.3, -0.25) is 0 Å². The molecule has 0 atom stereocenters. The van der Waals surface area contributed by atoms with Gasteiger partial charge in [0.05, 0.1) is 11.4 Å². The van der Waals surface area contributed by atoms with E-state index >= 15 is 0 Å². The summed E-state index contributed by atoms with van der Waals surface area (Å²) in [4.78, 5) is 0. The lowest BCUT2D eigenvalue weighted by Crippen LogP contribution is -2.00. The standard InChI is InChI=1S/C17H24N2O/c1-5-6-15-16(11-12(2)3)18-19(17(15)20)14-9-7-13(4)8-10-14/h7-10,12,20H,5-6,11H2,1-4H3. The van der Waals surface area contributed by atoms with Crippen molar-refractivity contribution in [3.8, 4) is 11.6 Å². The monoisotopic (exact) mass is 272 g/mol. The molecule has 0 unspecified atom stereocenters. The highest BCUT2D eigenvalue weighted by molar-refractivity contribution is 5.42. The second-order valence-electron chi connectivity index (χ2n) is 5.84. The number of hydrogen-bond acceptors (Lipinski definition) is 2. The molecule has 2 aromatic rings. The molecule has 1 heterocycles. The summed E-state index contributed by atoms with van der Waals surface area (Å²) in [5, 5.41) is 15.1. The van der Waals surface area contributed by atoms with Gasteiger partial charge in [-0.05, 0) is 37.8 Å². The van der Waals surface area contributed by atoms with Gasteiger partial charge >= 0.3 is 0 Å². The zero-order chi connectivity index (χ0) is 14.7. The molecular weight excluding hydrogens is 248 g/mol. The quantitative estimate of drug-likeness (QED) is 0.892. The summed E-state index contributed by atoms with van der Waals surface area (Å²) in [6.45, 7) is 8.54. The number of aromatic nitrogens is 2. The molecule has 3 heteroatoms. The lowest BCUT2D eigenvalue weighted by Gasteiger charge is -2.04. The minimum absolute atomic E-state index is 0.298. The summed E-state index contributed by atoms with van der Waals surface area (Å²) in [5.74, 6) is 0.831. The lowest BCUT2D eigenvalue weighted by molar-refractivity contribution is 0.427. The molecule has 0 aliphatic carbocycles. The summed E-state index contributed by atoms with van der Waals surface area (Å²) in [7, 11) is 0. The first kappa shape index (κ1) is 14.6. The summed E-state index contributed by atoms with van der Waals surface area (Å²) in [6.07, 6.45) is 2.79. The zero-order valence-corrected chi connectivity index (χ0v) is 12.8. The van der Waals surface area contributed by atoms with E-state index in [-0.39, 0.29) is 0 Å². The Hall–Kier alpha value is -1.77. The SMILES string of the molecule is CCCc1c(CC(C)C)nn(-c2ccc(C)cc2)c1O. The van der Waals surface area contributed by atoms with Crippen LogP contribution in [0.4, 0.5) is 0 Å². The summed E-state index contributed by atoms with van der Waals surface area (Å²) in [5.41, 5.74) is 4.15. The molecule has 1 aromatic heterocycles. The van der Waals surface area contributed by atoms with Crippen LogP contribution in [0.1, 0.15) is 44.0 Å². The number of nitrogens with zero attached hydrogens (tertiary/aromatic N) is 2. The minimum atomic E-state index is 0.298. The average Bonchev–Trinajstić information content (AvgIpc) is 2.68. The molecule has 0 saturated heterocycles. The zero-order valence-electron chi connectivity index (χ0n) is 12.8. The number of aromatic hydroxyl groups is 1. The number of rotatable bonds is 5. The molecule has 0 aliphatic rings. The smallest absolute Gasteiger partial charge is 0.217 e. The highest BCUT2D eigenvalue weighted by Crippen LogP contribution is 2.27. The van der Waals surface area contributed by atoms with Gasteiger partial charge in [-0.1, -0.05) is 44.9 Å². The van der Waals surface area contributed by atoms with Crippen LogP contribution in [0.3, 0.4) is 0 Å². The molecule has 0 spiro atoms. The van der Waals surface area contributed by atoms with Crippen molar-refractivity contribution in [3.63, 3.8) is 0 Å². The van der Waals surface area contributed by atoms with Gasteiger partial charge in [0.15, 0.2) is 0 Å². The van der Waals surface area contributed by atoms with Gasteiger partial charge in [0.1, 0.15) is 0 Å². The van der Waals surface area contributed by atoms with Crippen molar-refractivity contribution in [2.45, 2.75) is 47.0 Å². The molecule has 20 heavy (non-hydrogen) atoms. The number of benzene rings is 1. The van der Waals surface area contributed by atoms with Crippen LogP contribution < -0.4 is 0 Å². The third-order valence-corrected chi connectivity index (χ3v) is 3.42. The van der Waals surface area contributed by atoms with Crippen molar-refractivity contribution in [1.29, 1.82) is 0 Å². The Balaban J connectivity index is 2.45. The van der Waals surface area contributed by atoms with E-state index in [1.54, 1.807) is 4.68 Å². The van der Waals surface area contributed by atoms with Crippen molar-refractivity contribution in [2.24, 2.45) is 5.92 Å². The van der Waals surface area contributed by atoms with Gasteiger partial charge in [0, 0.05) is 5.56 Å². The highest BCUT2D eigenvalue weighted by atomic mass is 16.3. The fourth-order valence-corrected chi connectivity index (χ4v) is 2.41. The molecular formula is C17H24N2O. The van der Waals surface area contributed by atoms with E-state index in [0.717, 1.165) is 36.2 Å². The van der Waals surface area contributed by atoms with Crippen molar-refractivity contribution in [3.05, 3.63) is 41.1 Å². The molecule has 0 radical (unpaired) electrons. The van der Waals surface area contributed by atoms with E-state index < -0.39 is 0 Å². The van der Waals surface area contributed by atoms with Crippen LogP contribution in [0.15, 0.2) is 24.3 Å². The molecule has 2 rings (SSSR count). The van der Waals surface area contributed by atoms with E-state index in [2.05, 4.69) is 32.8 Å². The lowest BCUT2D eigenvalue weighted by atomic mass is 10.0. The molecule has 0 bridgehead atoms. The second-order valence-corrected chi connectivity index (χ2v) is 5.84. The Morgan fingerprint density at radius 2 is 1.85 bits per heavy atom. The highest BCUT2D eigenvalue weighted by Gasteiger charge is 2.18. The first-order valence-corrected chi connectivity index (χ1v) is 7.39. The topological polar surface area (TPSA) is 38.0 Å². The van der Waals surface area contributed by atoms with Crippen molar-refractivity contribution in [1.82, 2.24) is 9.78 Å². The summed E-state index contributed by atoms with van der Waals surface area (Å²) >= 11 is 0. The van der Waals surface area contributed by atoms with Crippen LogP contribution in [-0.2, 0) is 12.8 Å². The van der Waals surface area contributed by atoms with Gasteiger partial charge in [-0.2, -0.15) is 5.10 Å². The van der Waals surface area contributed by atoms with Gasteiger partial charge in [0.25, 0.3) is 0 Å². The molecule has 0 aliphatic heterocycles. The van der Waals surface area contributed by atoms with Crippen LogP contribution in [0.2, 0.25) is 0 Å². The molecule has 0 saturated carbocycles. The predicted molar refractivity (Wildman–Crippen MR) is 82.5 cm³/mol. The van der Waals surface area contributed by atoms with E-state index in [9.17, 15) is 5.11 Å². The maximum absolute atomic E-state index is 10.5. The second kappa shape index (κ2) is 6.12. The molecule has 0 amide bonds. The van der Waals surface area contributed by atoms with Gasteiger partial charge in [-0.25, -0.2) is 4.68 Å². The van der Waals surface area contributed by atoms with Crippen molar-refractivity contribution >= 4 is 0 Å². The van der Waals surface area contributed by atoms with E-state index in [1.165, 1.54) is 5.56 Å². The number of aryl methyl sites for hydroxylation is 1. The largest absolute Gasteiger partial charge is 0.493 e. The predicted octanol–water partition coefficient (Wildman–Crippen LogP) is 4.04. The van der Waals surface area contributed by atoms with Crippen LogP contribution in [0, 0.1) is 12.8 Å². The normalized spacial score (nSPS) is 11.2. The van der Waals surface area contributed by atoms with Crippen LogP contribution in [0.5, 0.6) is 5.88 Å². The third kappa shape index (κ3) is 3.03. The van der Waals surface area contributed by atoms with Gasteiger partial charge < -0.3 is 5.11 Å². The maximum atomic E-state index is 10.5. The fourth-order valence-electron chi connectivity index (χ4n) is 2.41. The minimum Gasteiger partial charge on any atom is -0.493 e. The number of hydrogen-bond donors (Lipinski definition) is 1. The van der Waals surface area contributed by atoms with Crippen molar-refractivity contribution in [2.75, 3.05) is 0 Å². The molecule has 0 fully saturated rings. The Morgan fingerprint density at radius 1 is 1.20 bits per heavy atom. The Kier molecular flexibility index (Phi) is 4.48. The van der Waals surface area contributed by atoms with Crippen molar-refractivity contribution < 1.29 is 5.11 Å². The Morgan fingerprint density at radius 3 is 2.40 bits per heavy atom. The molecule has 1 N–H and O–H groups in total. The first-order chi connectivity index (χ1) is 9.52. The Bertz CT molecular complexity index is 567. The van der Waals surface area contributed by atoms with Crippen LogP contribution >= 0.6 is 0 Å². The van der Waals surface area contributed by atoms with E-state index in [0.29, 0.717) is 11.8 Å². The molecule has 1 aromatic carbocycles. The van der Waals surface area contributed by atoms with Crippen LogP contribution in [-0.4, -0.2) is 14.9 Å². The summed E-state index contributed by atoms with van der Waals surface area (Å²) < 4.78 is 1.67. The van der Waals surface area contributed by atoms with Crippen LogP contribution in [0.25, 0.3) is 5.69 Å². The third-order valence-electron chi connectivity index (χ3n) is 3.42. The van der Waals surface area contributed by atoms with E-state index in [4.69, 9.17) is 0 Å². The van der Waals surface area contributed by atoms with E-state index in [1.807, 2.05) is 24.3 Å². The van der Waals surface area contributed by atoms with Gasteiger partial charge in [0.2, 0.25) is 5.88 Å². The molecule has 3 nitrogen and oxygen atoms in total. The first-order valence-electron chi connectivity index (χ1n) is 7.39. The fraction of sp³-hybridized carbons (Fsp3) is 0.471. The Labute approximate surface area is 121 Å². The molecule has 108 valence electrons. The average molecular weight is 272 g/mol. The maximum Gasteiger partial charge on any atom is 0.217 e.